The lowest BCUT2D eigenvalue weighted by atomic mass is 10.1. The van der Waals surface area contributed by atoms with E-state index in [1.165, 1.54) is 6.08 Å². The number of hydrogen-bond acceptors (Lipinski definition) is 3. The van der Waals surface area contributed by atoms with E-state index in [0.717, 1.165) is 5.56 Å². The Balaban J connectivity index is 1.71. The lowest BCUT2D eigenvalue weighted by Crippen LogP contribution is -2.41. The van der Waals surface area contributed by atoms with Crippen LogP contribution in [0.3, 0.4) is 0 Å². The van der Waals surface area contributed by atoms with Gasteiger partial charge in [-0.2, -0.15) is 0 Å². The van der Waals surface area contributed by atoms with Crippen LogP contribution in [0.15, 0.2) is 60.7 Å². The zero-order valence-corrected chi connectivity index (χ0v) is 13.9. The van der Waals surface area contributed by atoms with Crippen molar-refractivity contribution in [1.29, 1.82) is 0 Å². The van der Waals surface area contributed by atoms with Crippen LogP contribution < -0.4 is 5.32 Å². The fraction of sp³-hybridized carbons (Fsp3) is 0.200. The molecule has 25 heavy (non-hydrogen) atoms. The molecule has 0 bridgehead atoms. The standard InChI is InChI=1S/C20H20N2O3/c23-19(11-10-16-6-2-1-3-7-16)21-18-9-5-4-8-17(18)20(24)22-12-14-25-15-13-22/h1-11H,12-15H2,(H,21,23). The summed E-state index contributed by atoms with van der Waals surface area (Å²) in [6, 6.07) is 16.6. The molecular weight excluding hydrogens is 316 g/mol. The van der Waals surface area contributed by atoms with Gasteiger partial charge in [-0.3, -0.25) is 9.59 Å². The van der Waals surface area contributed by atoms with E-state index in [9.17, 15) is 9.59 Å². The number of rotatable bonds is 4. The Bertz CT molecular complexity index is 766. The van der Waals surface area contributed by atoms with E-state index in [1.54, 1.807) is 35.2 Å². The van der Waals surface area contributed by atoms with Crippen molar-refractivity contribution < 1.29 is 14.3 Å². The molecule has 5 heteroatoms. The van der Waals surface area contributed by atoms with Gasteiger partial charge in [0.2, 0.25) is 5.91 Å². The fourth-order valence-electron chi connectivity index (χ4n) is 2.63. The van der Waals surface area contributed by atoms with Crippen LogP contribution in [0, 0.1) is 0 Å². The highest BCUT2D eigenvalue weighted by Crippen LogP contribution is 2.18. The van der Waals surface area contributed by atoms with Crippen molar-refractivity contribution in [3.63, 3.8) is 0 Å². The molecular formula is C20H20N2O3. The fourth-order valence-corrected chi connectivity index (χ4v) is 2.63. The lowest BCUT2D eigenvalue weighted by Gasteiger charge is -2.27. The number of nitrogens with zero attached hydrogens (tertiary/aromatic N) is 1. The Morgan fingerprint density at radius 1 is 0.960 bits per heavy atom. The summed E-state index contributed by atoms with van der Waals surface area (Å²) in [6.07, 6.45) is 3.20. The molecule has 0 atom stereocenters. The molecule has 2 amide bonds. The molecule has 5 nitrogen and oxygen atoms in total. The van der Waals surface area contributed by atoms with E-state index in [2.05, 4.69) is 5.32 Å². The van der Waals surface area contributed by atoms with Crippen molar-refractivity contribution in [3.05, 3.63) is 71.8 Å². The van der Waals surface area contributed by atoms with Gasteiger partial charge >= 0.3 is 0 Å². The van der Waals surface area contributed by atoms with Crippen molar-refractivity contribution in [1.82, 2.24) is 4.90 Å². The lowest BCUT2D eigenvalue weighted by molar-refractivity contribution is -0.111. The second-order valence-corrected chi connectivity index (χ2v) is 5.68. The summed E-state index contributed by atoms with van der Waals surface area (Å²) in [4.78, 5) is 26.6. The zero-order chi connectivity index (χ0) is 17.5. The van der Waals surface area contributed by atoms with Crippen molar-refractivity contribution in [2.24, 2.45) is 0 Å². The summed E-state index contributed by atoms with van der Waals surface area (Å²) >= 11 is 0. The second-order valence-electron chi connectivity index (χ2n) is 5.68. The van der Waals surface area contributed by atoms with Crippen LogP contribution in [0.4, 0.5) is 5.69 Å². The molecule has 0 radical (unpaired) electrons. The molecule has 0 saturated carbocycles. The van der Waals surface area contributed by atoms with E-state index >= 15 is 0 Å². The summed E-state index contributed by atoms with van der Waals surface area (Å²) in [5.74, 6) is -0.364. The number of nitrogens with one attached hydrogen (secondary N) is 1. The third-order valence-electron chi connectivity index (χ3n) is 3.94. The van der Waals surface area contributed by atoms with Crippen molar-refractivity contribution in [2.75, 3.05) is 31.6 Å². The summed E-state index contributed by atoms with van der Waals surface area (Å²) in [5.41, 5.74) is 1.95. The molecule has 0 unspecified atom stereocenters. The average Bonchev–Trinajstić information content (AvgIpc) is 2.68. The van der Waals surface area contributed by atoms with E-state index in [-0.39, 0.29) is 11.8 Å². The van der Waals surface area contributed by atoms with Crippen molar-refractivity contribution in [2.45, 2.75) is 0 Å². The van der Waals surface area contributed by atoms with E-state index < -0.39 is 0 Å². The summed E-state index contributed by atoms with van der Waals surface area (Å²) in [6.45, 7) is 2.21. The molecule has 2 aromatic rings. The van der Waals surface area contributed by atoms with Gasteiger partial charge in [-0.15, -0.1) is 0 Å². The third kappa shape index (κ3) is 4.55. The van der Waals surface area contributed by atoms with Crippen LogP contribution in [0.2, 0.25) is 0 Å². The maximum Gasteiger partial charge on any atom is 0.256 e. The first-order valence-electron chi connectivity index (χ1n) is 8.24. The maximum absolute atomic E-state index is 12.7. The maximum atomic E-state index is 12.7. The molecule has 1 aliphatic heterocycles. The summed E-state index contributed by atoms with van der Waals surface area (Å²) in [7, 11) is 0. The highest BCUT2D eigenvalue weighted by atomic mass is 16.5. The van der Waals surface area contributed by atoms with Crippen LogP contribution in [0.25, 0.3) is 6.08 Å². The van der Waals surface area contributed by atoms with Gasteiger partial charge in [0, 0.05) is 19.2 Å². The Labute approximate surface area is 146 Å². The number of carbonyl (C=O) groups excluding carboxylic acids is 2. The van der Waals surface area contributed by atoms with Crippen LogP contribution in [0.1, 0.15) is 15.9 Å². The molecule has 1 fully saturated rings. The number of para-hydroxylation sites is 1. The van der Waals surface area contributed by atoms with Crippen molar-refractivity contribution >= 4 is 23.6 Å². The Kier molecular flexibility index (Phi) is 5.59. The van der Waals surface area contributed by atoms with E-state index in [0.29, 0.717) is 37.6 Å². The minimum Gasteiger partial charge on any atom is -0.378 e. The van der Waals surface area contributed by atoms with Crippen molar-refractivity contribution in [3.8, 4) is 0 Å². The summed E-state index contributed by atoms with van der Waals surface area (Å²) in [5, 5.41) is 2.80. The number of morpholine rings is 1. The molecule has 0 aliphatic carbocycles. The smallest absolute Gasteiger partial charge is 0.256 e. The number of carbonyl (C=O) groups is 2. The Hall–Kier alpha value is -2.92. The highest BCUT2D eigenvalue weighted by Gasteiger charge is 2.21. The van der Waals surface area contributed by atoms with Gasteiger partial charge in [0.15, 0.2) is 0 Å². The van der Waals surface area contributed by atoms with Gasteiger partial charge in [-0.1, -0.05) is 42.5 Å². The first kappa shape index (κ1) is 16.9. The number of ether oxygens (including phenoxy) is 1. The minimum absolute atomic E-state index is 0.0914. The topological polar surface area (TPSA) is 58.6 Å². The molecule has 0 aromatic heterocycles. The highest BCUT2D eigenvalue weighted by molar-refractivity contribution is 6.07. The monoisotopic (exact) mass is 336 g/mol. The largest absolute Gasteiger partial charge is 0.378 e. The first-order chi connectivity index (χ1) is 12.2. The van der Waals surface area contributed by atoms with Gasteiger partial charge in [0.1, 0.15) is 0 Å². The predicted molar refractivity (Wildman–Crippen MR) is 97.3 cm³/mol. The average molecular weight is 336 g/mol. The van der Waals surface area contributed by atoms with Crippen LogP contribution in [0.5, 0.6) is 0 Å². The molecule has 3 rings (SSSR count). The van der Waals surface area contributed by atoms with Gasteiger partial charge in [0.25, 0.3) is 5.91 Å². The number of anilines is 1. The summed E-state index contributed by atoms with van der Waals surface area (Å²) < 4.78 is 5.28. The second kappa shape index (κ2) is 8.26. The van der Waals surface area contributed by atoms with Gasteiger partial charge < -0.3 is 15.0 Å². The third-order valence-corrected chi connectivity index (χ3v) is 3.94. The van der Waals surface area contributed by atoms with E-state index in [4.69, 9.17) is 4.74 Å². The molecule has 1 aliphatic rings. The predicted octanol–water partition coefficient (Wildman–Crippen LogP) is 2.81. The minimum atomic E-state index is -0.272. The normalized spacial score (nSPS) is 14.5. The number of hydrogen-bond donors (Lipinski definition) is 1. The Morgan fingerprint density at radius 2 is 1.64 bits per heavy atom. The van der Waals surface area contributed by atoms with Gasteiger partial charge in [-0.25, -0.2) is 0 Å². The first-order valence-corrected chi connectivity index (χ1v) is 8.24. The van der Waals surface area contributed by atoms with Crippen LogP contribution >= 0.6 is 0 Å². The Morgan fingerprint density at radius 3 is 2.40 bits per heavy atom. The molecule has 1 heterocycles. The SMILES string of the molecule is O=C(C=Cc1ccccc1)Nc1ccccc1C(=O)N1CCOCC1. The molecule has 128 valence electrons. The molecule has 1 N–H and O–H groups in total. The van der Waals surface area contributed by atoms with Crippen LogP contribution in [-0.4, -0.2) is 43.0 Å². The van der Waals surface area contributed by atoms with Crippen LogP contribution in [-0.2, 0) is 9.53 Å². The number of amides is 2. The van der Waals surface area contributed by atoms with Gasteiger partial charge in [0.05, 0.1) is 24.5 Å². The molecule has 2 aromatic carbocycles. The zero-order valence-electron chi connectivity index (χ0n) is 13.9. The molecule has 0 spiro atoms. The molecule has 1 saturated heterocycles. The van der Waals surface area contributed by atoms with Gasteiger partial charge in [-0.05, 0) is 23.8 Å². The number of benzene rings is 2. The van der Waals surface area contributed by atoms with E-state index in [1.807, 2.05) is 30.3 Å². The quantitative estimate of drug-likeness (QED) is 0.874.